The Morgan fingerprint density at radius 2 is 1.94 bits per heavy atom. The first-order valence-corrected chi connectivity index (χ1v) is 5.27. The summed E-state index contributed by atoms with van der Waals surface area (Å²) in [5, 5.41) is 2.63. The molecule has 1 aromatic rings. The molecular weight excluding hydrogens is 262 g/mol. The van der Waals surface area contributed by atoms with Crippen LogP contribution in [0.2, 0.25) is 0 Å². The van der Waals surface area contributed by atoms with E-state index in [0.717, 1.165) is 12.1 Å². The standard InChI is InChI=1S/C12H16F2N2O.ClH/c1-12(2,15)7-16-11(17)6-8-3-4-9(13)10(14)5-8;/h3-5H,6-7,15H2,1-2H3,(H,16,17);1H. The summed E-state index contributed by atoms with van der Waals surface area (Å²) in [6.45, 7) is 3.89. The van der Waals surface area contributed by atoms with E-state index in [0.29, 0.717) is 12.1 Å². The van der Waals surface area contributed by atoms with E-state index in [1.54, 1.807) is 13.8 Å². The predicted molar refractivity (Wildman–Crippen MR) is 68.6 cm³/mol. The Bertz CT molecular complexity index is 419. The van der Waals surface area contributed by atoms with Crippen LogP contribution in [0, 0.1) is 11.6 Å². The van der Waals surface area contributed by atoms with Gasteiger partial charge >= 0.3 is 0 Å². The summed E-state index contributed by atoms with van der Waals surface area (Å²) in [6.07, 6.45) is 0.00722. The van der Waals surface area contributed by atoms with Crippen LogP contribution in [0.3, 0.4) is 0 Å². The summed E-state index contributed by atoms with van der Waals surface area (Å²) in [5.74, 6) is -2.14. The molecule has 0 aliphatic carbocycles. The molecular formula is C12H17ClF2N2O. The summed E-state index contributed by atoms with van der Waals surface area (Å²) < 4.78 is 25.5. The van der Waals surface area contributed by atoms with Gasteiger partial charge in [-0.05, 0) is 31.5 Å². The van der Waals surface area contributed by atoms with Gasteiger partial charge in [-0.3, -0.25) is 4.79 Å². The van der Waals surface area contributed by atoms with Gasteiger partial charge in [-0.1, -0.05) is 6.07 Å². The van der Waals surface area contributed by atoms with Crippen molar-refractivity contribution in [1.82, 2.24) is 5.32 Å². The van der Waals surface area contributed by atoms with E-state index in [4.69, 9.17) is 5.73 Å². The second kappa shape index (κ2) is 6.66. The SMILES string of the molecule is CC(C)(N)CNC(=O)Cc1ccc(F)c(F)c1.Cl. The second-order valence-electron chi connectivity index (χ2n) is 4.69. The molecule has 0 radical (unpaired) electrons. The Morgan fingerprint density at radius 1 is 1.33 bits per heavy atom. The first kappa shape index (κ1) is 16.8. The van der Waals surface area contributed by atoms with E-state index in [2.05, 4.69) is 5.32 Å². The number of carbonyl (C=O) groups is 1. The zero-order valence-corrected chi connectivity index (χ0v) is 11.1. The topological polar surface area (TPSA) is 55.1 Å². The van der Waals surface area contributed by atoms with Crippen molar-refractivity contribution in [2.24, 2.45) is 5.73 Å². The van der Waals surface area contributed by atoms with Crippen LogP contribution in [0.5, 0.6) is 0 Å². The molecule has 0 saturated heterocycles. The van der Waals surface area contributed by atoms with E-state index in [9.17, 15) is 13.6 Å². The van der Waals surface area contributed by atoms with E-state index >= 15 is 0 Å². The highest BCUT2D eigenvalue weighted by Crippen LogP contribution is 2.09. The van der Waals surface area contributed by atoms with Crippen molar-refractivity contribution in [2.75, 3.05) is 6.54 Å². The quantitative estimate of drug-likeness (QED) is 0.882. The minimum atomic E-state index is -0.950. The predicted octanol–water partition coefficient (Wildman–Crippen LogP) is 1.78. The molecule has 0 spiro atoms. The Kier molecular flexibility index (Phi) is 6.21. The van der Waals surface area contributed by atoms with Gasteiger partial charge in [0.15, 0.2) is 11.6 Å². The Labute approximate surface area is 111 Å². The lowest BCUT2D eigenvalue weighted by Gasteiger charge is -2.18. The van der Waals surface area contributed by atoms with Crippen molar-refractivity contribution < 1.29 is 13.6 Å². The fourth-order valence-electron chi connectivity index (χ4n) is 1.22. The number of hydrogen-bond acceptors (Lipinski definition) is 2. The number of halogens is 3. The summed E-state index contributed by atoms with van der Waals surface area (Å²) in [6, 6.07) is 3.40. The summed E-state index contributed by atoms with van der Waals surface area (Å²) in [7, 11) is 0. The monoisotopic (exact) mass is 278 g/mol. The van der Waals surface area contributed by atoms with Crippen molar-refractivity contribution in [1.29, 1.82) is 0 Å². The molecule has 6 heteroatoms. The van der Waals surface area contributed by atoms with Gasteiger partial charge < -0.3 is 11.1 Å². The number of nitrogens with one attached hydrogen (secondary N) is 1. The van der Waals surface area contributed by atoms with Crippen molar-refractivity contribution in [3.63, 3.8) is 0 Å². The molecule has 102 valence electrons. The number of carbonyl (C=O) groups excluding carboxylic acids is 1. The zero-order valence-electron chi connectivity index (χ0n) is 10.3. The van der Waals surface area contributed by atoms with Gasteiger partial charge in [0, 0.05) is 12.1 Å². The number of nitrogens with two attached hydrogens (primary N) is 1. The van der Waals surface area contributed by atoms with Gasteiger partial charge in [-0.25, -0.2) is 8.78 Å². The summed E-state index contributed by atoms with van der Waals surface area (Å²) in [5.41, 5.74) is 5.63. The van der Waals surface area contributed by atoms with Crippen LogP contribution in [0.4, 0.5) is 8.78 Å². The normalized spacial score (nSPS) is 10.7. The third-order valence-electron chi connectivity index (χ3n) is 2.09. The molecule has 0 bridgehead atoms. The number of hydrogen-bond donors (Lipinski definition) is 2. The van der Waals surface area contributed by atoms with Crippen molar-refractivity contribution >= 4 is 18.3 Å². The Balaban J connectivity index is 0.00000289. The highest BCUT2D eigenvalue weighted by atomic mass is 35.5. The minimum absolute atomic E-state index is 0. The maximum absolute atomic E-state index is 12.9. The van der Waals surface area contributed by atoms with Crippen molar-refractivity contribution in [2.45, 2.75) is 25.8 Å². The molecule has 18 heavy (non-hydrogen) atoms. The van der Waals surface area contributed by atoms with Crippen molar-refractivity contribution in [3.05, 3.63) is 35.4 Å². The van der Waals surface area contributed by atoms with Gasteiger partial charge in [-0.15, -0.1) is 12.4 Å². The molecule has 3 nitrogen and oxygen atoms in total. The third kappa shape index (κ3) is 5.93. The molecule has 0 heterocycles. The average Bonchev–Trinajstić information content (AvgIpc) is 2.20. The van der Waals surface area contributed by atoms with E-state index < -0.39 is 17.2 Å². The lowest BCUT2D eigenvalue weighted by atomic mass is 10.1. The fraction of sp³-hybridized carbons (Fsp3) is 0.417. The van der Waals surface area contributed by atoms with E-state index in [1.165, 1.54) is 6.07 Å². The second-order valence-corrected chi connectivity index (χ2v) is 4.69. The van der Waals surface area contributed by atoms with Crippen LogP contribution in [-0.2, 0) is 11.2 Å². The molecule has 1 amide bonds. The molecule has 0 fully saturated rings. The van der Waals surface area contributed by atoms with Crippen molar-refractivity contribution in [3.8, 4) is 0 Å². The van der Waals surface area contributed by atoms with Gasteiger partial charge in [0.05, 0.1) is 6.42 Å². The molecule has 0 atom stereocenters. The van der Waals surface area contributed by atoms with Crippen LogP contribution in [0.25, 0.3) is 0 Å². The van der Waals surface area contributed by atoms with Crippen LogP contribution in [0.15, 0.2) is 18.2 Å². The van der Waals surface area contributed by atoms with E-state index in [1.807, 2.05) is 0 Å². The summed E-state index contributed by atoms with van der Waals surface area (Å²) >= 11 is 0. The maximum atomic E-state index is 12.9. The number of amides is 1. The fourth-order valence-corrected chi connectivity index (χ4v) is 1.22. The van der Waals surface area contributed by atoms with Crippen LogP contribution < -0.4 is 11.1 Å². The molecule has 0 aliphatic heterocycles. The molecule has 1 rings (SSSR count). The van der Waals surface area contributed by atoms with Gasteiger partial charge in [0.25, 0.3) is 0 Å². The largest absolute Gasteiger partial charge is 0.354 e. The van der Waals surface area contributed by atoms with Gasteiger partial charge in [-0.2, -0.15) is 0 Å². The van der Waals surface area contributed by atoms with Gasteiger partial charge in [0.2, 0.25) is 5.91 Å². The smallest absolute Gasteiger partial charge is 0.224 e. The molecule has 0 aliphatic rings. The third-order valence-corrected chi connectivity index (χ3v) is 2.09. The van der Waals surface area contributed by atoms with E-state index in [-0.39, 0.29) is 24.7 Å². The minimum Gasteiger partial charge on any atom is -0.354 e. The Morgan fingerprint density at radius 3 is 2.44 bits per heavy atom. The highest BCUT2D eigenvalue weighted by Gasteiger charge is 2.13. The molecule has 0 saturated carbocycles. The lowest BCUT2D eigenvalue weighted by molar-refractivity contribution is -0.120. The molecule has 3 N–H and O–H groups in total. The van der Waals surface area contributed by atoms with Crippen LogP contribution >= 0.6 is 12.4 Å². The zero-order chi connectivity index (χ0) is 13.1. The number of benzene rings is 1. The molecule has 0 aromatic heterocycles. The first-order valence-electron chi connectivity index (χ1n) is 5.27. The summed E-state index contributed by atoms with van der Waals surface area (Å²) in [4.78, 5) is 11.5. The first-order chi connectivity index (χ1) is 7.78. The highest BCUT2D eigenvalue weighted by molar-refractivity contribution is 5.85. The molecule has 1 aromatic carbocycles. The van der Waals surface area contributed by atoms with Crippen LogP contribution in [-0.4, -0.2) is 18.0 Å². The maximum Gasteiger partial charge on any atom is 0.224 e. The average molecular weight is 279 g/mol. The van der Waals surface area contributed by atoms with Gasteiger partial charge in [0.1, 0.15) is 0 Å². The van der Waals surface area contributed by atoms with Crippen LogP contribution in [0.1, 0.15) is 19.4 Å². The molecule has 0 unspecified atom stereocenters. The lowest BCUT2D eigenvalue weighted by Crippen LogP contribution is -2.45. The number of rotatable bonds is 4. The Hall–Kier alpha value is -1.20.